The lowest BCUT2D eigenvalue weighted by Crippen LogP contribution is -2.13. The van der Waals surface area contributed by atoms with Crippen LogP contribution in [-0.2, 0) is 0 Å². The molecule has 1 fully saturated rings. The summed E-state index contributed by atoms with van der Waals surface area (Å²) in [4.78, 5) is 0. The molecule has 0 atom stereocenters. The van der Waals surface area contributed by atoms with E-state index in [4.69, 9.17) is 4.74 Å². The number of rotatable bonds is 11. The lowest BCUT2D eigenvalue weighted by Gasteiger charge is -2.25. The Morgan fingerprint density at radius 3 is 2.00 bits per heavy atom. The summed E-state index contributed by atoms with van der Waals surface area (Å²) >= 11 is 0. The van der Waals surface area contributed by atoms with Crippen LogP contribution in [0.25, 0.3) is 11.1 Å². The fraction of sp³-hybridized carbons (Fsp3) is 0.548. The van der Waals surface area contributed by atoms with E-state index in [1.54, 1.807) is 0 Å². The molecule has 2 aromatic rings. The molecule has 32 heavy (non-hydrogen) atoms. The molecule has 0 aliphatic heterocycles. The van der Waals surface area contributed by atoms with Gasteiger partial charge in [-0.2, -0.15) is 0 Å². The van der Waals surface area contributed by atoms with E-state index in [1.165, 1.54) is 81.8 Å². The summed E-state index contributed by atoms with van der Waals surface area (Å²) in [6.45, 7) is 5.36. The Balaban J connectivity index is 1.44. The van der Waals surface area contributed by atoms with Crippen LogP contribution in [0.3, 0.4) is 0 Å². The van der Waals surface area contributed by atoms with E-state index in [9.17, 15) is 0 Å². The Morgan fingerprint density at radius 1 is 0.719 bits per heavy atom. The zero-order valence-corrected chi connectivity index (χ0v) is 20.4. The van der Waals surface area contributed by atoms with Crippen LogP contribution >= 0.6 is 0 Å². The first-order valence-electron chi connectivity index (χ1n) is 13.1. The van der Waals surface area contributed by atoms with Crippen LogP contribution in [0, 0.1) is 23.7 Å². The molecule has 172 valence electrons. The molecule has 0 unspecified atom stereocenters. The second-order valence-electron chi connectivity index (χ2n) is 9.49. The van der Waals surface area contributed by atoms with Crippen molar-refractivity contribution in [1.29, 1.82) is 0 Å². The Bertz CT molecular complexity index is 814. The molecule has 0 saturated heterocycles. The number of hydrogen-bond donors (Lipinski definition) is 0. The van der Waals surface area contributed by atoms with Gasteiger partial charge in [-0.05, 0) is 73.4 Å². The van der Waals surface area contributed by atoms with Gasteiger partial charge in [0.2, 0.25) is 0 Å². The molecule has 0 aromatic heterocycles. The largest absolute Gasteiger partial charge is 0.494 e. The minimum atomic E-state index is 0.590. The summed E-state index contributed by atoms with van der Waals surface area (Å²) in [6.07, 6.45) is 15.8. The second kappa shape index (κ2) is 14.1. The van der Waals surface area contributed by atoms with Gasteiger partial charge in [-0.25, -0.2) is 0 Å². The quantitative estimate of drug-likeness (QED) is 0.255. The van der Waals surface area contributed by atoms with E-state index in [2.05, 4.69) is 74.2 Å². The normalized spacial score (nSPS) is 18.1. The fourth-order valence-corrected chi connectivity index (χ4v) is 4.66. The number of benzene rings is 2. The summed E-state index contributed by atoms with van der Waals surface area (Å²) in [7, 11) is 0. The molecule has 3 rings (SSSR count). The third kappa shape index (κ3) is 8.38. The molecule has 1 heteroatoms. The van der Waals surface area contributed by atoms with Crippen molar-refractivity contribution in [2.75, 3.05) is 6.61 Å². The molecule has 0 radical (unpaired) electrons. The maximum absolute atomic E-state index is 5.89. The fourth-order valence-electron chi connectivity index (χ4n) is 4.66. The summed E-state index contributed by atoms with van der Waals surface area (Å²) in [5.41, 5.74) is 3.59. The van der Waals surface area contributed by atoms with Gasteiger partial charge >= 0.3 is 0 Å². The Morgan fingerprint density at radius 2 is 1.34 bits per heavy atom. The first-order chi connectivity index (χ1) is 15.8. The van der Waals surface area contributed by atoms with E-state index in [1.807, 2.05) is 0 Å². The van der Waals surface area contributed by atoms with Gasteiger partial charge in [0.15, 0.2) is 0 Å². The lowest BCUT2D eigenvalue weighted by atomic mass is 9.80. The van der Waals surface area contributed by atoms with Crippen LogP contribution in [0.4, 0.5) is 0 Å². The third-order valence-electron chi connectivity index (χ3n) is 6.82. The van der Waals surface area contributed by atoms with Crippen LogP contribution in [0.5, 0.6) is 5.75 Å². The number of unbranched alkanes of at least 4 members (excludes halogenated alkanes) is 5. The van der Waals surface area contributed by atoms with Gasteiger partial charge in [0.05, 0.1) is 6.61 Å². The summed E-state index contributed by atoms with van der Waals surface area (Å²) in [5.74, 6) is 9.49. The third-order valence-corrected chi connectivity index (χ3v) is 6.82. The minimum absolute atomic E-state index is 0.590. The van der Waals surface area contributed by atoms with Crippen molar-refractivity contribution in [3.63, 3.8) is 0 Å². The molecule has 1 aliphatic rings. The van der Waals surface area contributed by atoms with E-state index in [0.717, 1.165) is 30.3 Å². The van der Waals surface area contributed by atoms with Crippen LogP contribution in [-0.4, -0.2) is 6.61 Å². The smallest absolute Gasteiger partial charge is 0.119 e. The molecule has 1 nitrogen and oxygen atoms in total. The van der Waals surface area contributed by atoms with Gasteiger partial charge < -0.3 is 4.74 Å². The molecule has 0 amide bonds. The van der Waals surface area contributed by atoms with Crippen LogP contribution in [0.1, 0.15) is 96.5 Å². The number of ether oxygens (including phenoxy) is 1. The molecule has 1 aliphatic carbocycles. The van der Waals surface area contributed by atoms with Crippen LogP contribution in [0.15, 0.2) is 48.5 Å². The van der Waals surface area contributed by atoms with Crippen molar-refractivity contribution in [3.8, 4) is 28.7 Å². The first kappa shape index (κ1) is 24.4. The molecular weight excluding hydrogens is 388 g/mol. The summed E-state index contributed by atoms with van der Waals surface area (Å²) < 4.78 is 5.89. The van der Waals surface area contributed by atoms with Crippen molar-refractivity contribution in [2.45, 2.75) is 90.9 Å². The highest BCUT2D eigenvalue weighted by molar-refractivity contribution is 5.65. The standard InChI is InChI=1S/C31H42O/c1-3-5-7-8-9-25-32-31-23-21-30(22-24-31)29-19-17-28(18-20-29)16-15-27-13-11-26(12-14-27)10-6-4-2/h17-24,26-27H,3-14,25H2,1-2H3. The zero-order chi connectivity index (χ0) is 22.4. The molecule has 0 bridgehead atoms. The molecule has 2 aromatic carbocycles. The average molecular weight is 431 g/mol. The highest BCUT2D eigenvalue weighted by Crippen LogP contribution is 2.31. The summed E-state index contributed by atoms with van der Waals surface area (Å²) in [5, 5.41) is 0. The maximum atomic E-state index is 5.89. The van der Waals surface area contributed by atoms with Gasteiger partial charge in [0, 0.05) is 11.5 Å². The Kier molecular flexibility index (Phi) is 10.7. The average Bonchev–Trinajstić information content (AvgIpc) is 2.85. The van der Waals surface area contributed by atoms with Crippen molar-refractivity contribution < 1.29 is 4.74 Å². The van der Waals surface area contributed by atoms with Crippen molar-refractivity contribution in [3.05, 3.63) is 54.1 Å². The predicted octanol–water partition coefficient (Wildman–Crippen LogP) is 9.05. The second-order valence-corrected chi connectivity index (χ2v) is 9.49. The monoisotopic (exact) mass is 430 g/mol. The van der Waals surface area contributed by atoms with Gasteiger partial charge in [-0.15, -0.1) is 0 Å². The van der Waals surface area contributed by atoms with Gasteiger partial charge in [-0.1, -0.05) is 94.9 Å². The van der Waals surface area contributed by atoms with E-state index in [0.29, 0.717) is 5.92 Å². The molecule has 0 heterocycles. The predicted molar refractivity (Wildman–Crippen MR) is 138 cm³/mol. The number of hydrogen-bond acceptors (Lipinski definition) is 1. The molecular formula is C31H42O. The topological polar surface area (TPSA) is 9.23 Å². The lowest BCUT2D eigenvalue weighted by molar-refractivity contribution is 0.296. The Labute approximate surface area is 197 Å². The SMILES string of the molecule is CCCCCCCOc1ccc(-c2ccc(C#CC3CCC(CCCC)CC3)cc2)cc1. The van der Waals surface area contributed by atoms with Gasteiger partial charge in [0.25, 0.3) is 0 Å². The van der Waals surface area contributed by atoms with E-state index >= 15 is 0 Å². The minimum Gasteiger partial charge on any atom is -0.494 e. The first-order valence-corrected chi connectivity index (χ1v) is 13.1. The van der Waals surface area contributed by atoms with Crippen LogP contribution in [0.2, 0.25) is 0 Å². The zero-order valence-electron chi connectivity index (χ0n) is 20.4. The molecule has 1 saturated carbocycles. The maximum Gasteiger partial charge on any atom is 0.119 e. The van der Waals surface area contributed by atoms with Crippen molar-refractivity contribution >= 4 is 0 Å². The molecule has 0 spiro atoms. The van der Waals surface area contributed by atoms with Crippen molar-refractivity contribution in [1.82, 2.24) is 0 Å². The van der Waals surface area contributed by atoms with Crippen molar-refractivity contribution in [2.24, 2.45) is 11.8 Å². The van der Waals surface area contributed by atoms with E-state index < -0.39 is 0 Å². The highest BCUT2D eigenvalue weighted by Gasteiger charge is 2.19. The highest BCUT2D eigenvalue weighted by atomic mass is 16.5. The Hall–Kier alpha value is -2.20. The van der Waals surface area contributed by atoms with Gasteiger partial charge in [-0.3, -0.25) is 0 Å². The van der Waals surface area contributed by atoms with Gasteiger partial charge in [0.1, 0.15) is 5.75 Å². The summed E-state index contributed by atoms with van der Waals surface area (Å²) in [6, 6.07) is 17.2. The van der Waals surface area contributed by atoms with E-state index in [-0.39, 0.29) is 0 Å². The molecule has 0 N–H and O–H groups in total. The van der Waals surface area contributed by atoms with Crippen LogP contribution < -0.4 is 4.74 Å².